The lowest BCUT2D eigenvalue weighted by atomic mass is 10.1. The van der Waals surface area contributed by atoms with Crippen molar-refractivity contribution < 1.29 is 13.2 Å². The molecule has 5 nitrogen and oxygen atoms in total. The van der Waals surface area contributed by atoms with E-state index in [1.54, 1.807) is 31.4 Å². The van der Waals surface area contributed by atoms with Gasteiger partial charge in [0.05, 0.1) is 11.5 Å². The number of nitrogens with one attached hydrogen (secondary N) is 2. The minimum absolute atomic E-state index is 0.237. The van der Waals surface area contributed by atoms with Crippen LogP contribution >= 0.6 is 0 Å². The summed E-state index contributed by atoms with van der Waals surface area (Å²) in [6.45, 7) is 5.14. The Labute approximate surface area is 128 Å². The van der Waals surface area contributed by atoms with E-state index >= 15 is 0 Å². The zero-order chi connectivity index (χ0) is 15.7. The number of methoxy groups -OCH3 is 1. The van der Waals surface area contributed by atoms with E-state index in [2.05, 4.69) is 17.0 Å². The van der Waals surface area contributed by atoms with Crippen molar-refractivity contribution in [2.45, 2.75) is 44.0 Å². The Morgan fingerprint density at radius 1 is 1.14 bits per heavy atom. The van der Waals surface area contributed by atoms with Crippen molar-refractivity contribution in [3.05, 3.63) is 24.3 Å². The van der Waals surface area contributed by atoms with Crippen LogP contribution in [0.4, 0.5) is 5.69 Å². The van der Waals surface area contributed by atoms with E-state index in [4.69, 9.17) is 4.74 Å². The molecule has 1 rings (SSSR count). The molecule has 0 aliphatic rings. The Bertz CT molecular complexity index is 494. The van der Waals surface area contributed by atoms with Gasteiger partial charge in [-0.2, -0.15) is 0 Å². The van der Waals surface area contributed by atoms with Crippen LogP contribution in [-0.2, 0) is 14.8 Å². The molecule has 0 amide bonds. The first-order chi connectivity index (χ1) is 10.0. The van der Waals surface area contributed by atoms with Crippen LogP contribution < -0.4 is 10.0 Å². The lowest BCUT2D eigenvalue weighted by Gasteiger charge is -2.18. The maximum Gasteiger partial charge on any atom is 0.240 e. The summed E-state index contributed by atoms with van der Waals surface area (Å²) >= 11 is 0. The maximum absolute atomic E-state index is 12.0. The predicted molar refractivity (Wildman–Crippen MR) is 86.1 cm³/mol. The molecule has 0 bridgehead atoms. The molecule has 1 unspecified atom stereocenters. The number of anilines is 1. The van der Waals surface area contributed by atoms with Gasteiger partial charge in [0.1, 0.15) is 0 Å². The third-order valence-corrected chi connectivity index (χ3v) is 4.56. The van der Waals surface area contributed by atoms with Crippen LogP contribution in [0.1, 0.15) is 33.1 Å². The summed E-state index contributed by atoms with van der Waals surface area (Å²) in [6, 6.07) is 7.06. The van der Waals surface area contributed by atoms with Crippen LogP contribution in [0.5, 0.6) is 0 Å². The Morgan fingerprint density at radius 3 is 2.33 bits per heavy atom. The topological polar surface area (TPSA) is 67.4 Å². The molecule has 1 aromatic rings. The Hall–Kier alpha value is -1.11. The fourth-order valence-electron chi connectivity index (χ4n) is 2.03. The van der Waals surface area contributed by atoms with E-state index in [0.29, 0.717) is 18.0 Å². The highest BCUT2D eigenvalue weighted by Gasteiger charge is 2.13. The number of benzene rings is 1. The molecule has 1 aromatic carbocycles. The zero-order valence-corrected chi connectivity index (χ0v) is 13.9. The quantitative estimate of drug-likeness (QED) is 0.696. The van der Waals surface area contributed by atoms with Gasteiger partial charge in [0.2, 0.25) is 10.0 Å². The summed E-state index contributed by atoms with van der Waals surface area (Å²) in [6.07, 6.45) is 2.84. The maximum atomic E-state index is 12.0. The zero-order valence-electron chi connectivity index (χ0n) is 13.1. The molecule has 1 atom stereocenters. The van der Waals surface area contributed by atoms with E-state index in [0.717, 1.165) is 24.9 Å². The smallest absolute Gasteiger partial charge is 0.240 e. The van der Waals surface area contributed by atoms with Crippen molar-refractivity contribution in [3.63, 3.8) is 0 Å². The largest absolute Gasteiger partial charge is 0.383 e. The van der Waals surface area contributed by atoms with E-state index in [1.165, 1.54) is 0 Å². The molecule has 120 valence electrons. The highest BCUT2D eigenvalue weighted by Crippen LogP contribution is 2.16. The van der Waals surface area contributed by atoms with Gasteiger partial charge in [0, 0.05) is 25.4 Å². The third-order valence-electron chi connectivity index (χ3n) is 3.08. The van der Waals surface area contributed by atoms with Gasteiger partial charge in [0.15, 0.2) is 0 Å². The Balaban J connectivity index is 2.73. The second-order valence-electron chi connectivity index (χ2n) is 5.01. The average molecular weight is 314 g/mol. The first kappa shape index (κ1) is 17.9. The summed E-state index contributed by atoms with van der Waals surface area (Å²) < 4.78 is 31.7. The summed E-state index contributed by atoms with van der Waals surface area (Å²) in [5.74, 6) is 0. The number of sulfonamides is 1. The normalized spacial score (nSPS) is 13.1. The molecule has 0 aromatic heterocycles. The Morgan fingerprint density at radius 2 is 1.81 bits per heavy atom. The molecule has 0 radical (unpaired) electrons. The van der Waals surface area contributed by atoms with Crippen LogP contribution in [0.15, 0.2) is 29.2 Å². The molecule has 0 aliphatic carbocycles. The van der Waals surface area contributed by atoms with E-state index < -0.39 is 10.0 Å². The van der Waals surface area contributed by atoms with Gasteiger partial charge in [-0.3, -0.25) is 0 Å². The molecule has 0 aliphatic heterocycles. The van der Waals surface area contributed by atoms with Crippen LogP contribution in [0.25, 0.3) is 0 Å². The lowest BCUT2D eigenvalue weighted by Crippen LogP contribution is -2.25. The second kappa shape index (κ2) is 9.02. The fraction of sp³-hybridized carbons (Fsp3) is 0.600. The van der Waals surface area contributed by atoms with Crippen LogP contribution in [0.3, 0.4) is 0 Å². The van der Waals surface area contributed by atoms with Crippen molar-refractivity contribution in [2.24, 2.45) is 0 Å². The van der Waals surface area contributed by atoms with E-state index in [1.807, 2.05) is 6.92 Å². The monoisotopic (exact) mass is 314 g/mol. The number of rotatable bonds is 10. The molecule has 2 N–H and O–H groups in total. The summed E-state index contributed by atoms with van der Waals surface area (Å²) in [4.78, 5) is 0.292. The van der Waals surface area contributed by atoms with Gasteiger partial charge in [-0.1, -0.05) is 20.3 Å². The van der Waals surface area contributed by atoms with Crippen LogP contribution in [-0.4, -0.2) is 34.7 Å². The first-order valence-corrected chi connectivity index (χ1v) is 8.87. The molecule has 0 fully saturated rings. The van der Waals surface area contributed by atoms with Gasteiger partial charge >= 0.3 is 0 Å². The number of hydrogen-bond acceptors (Lipinski definition) is 4. The van der Waals surface area contributed by atoms with Gasteiger partial charge in [-0.05, 0) is 37.1 Å². The standard InChI is InChI=1S/C15H26N2O3S/c1-4-6-14(12-20-3)17-13-7-9-15(10-8-13)21(18,19)16-11-5-2/h7-10,14,16-17H,4-6,11-12H2,1-3H3. The van der Waals surface area contributed by atoms with Crippen molar-refractivity contribution in [1.29, 1.82) is 0 Å². The minimum Gasteiger partial charge on any atom is -0.383 e. The lowest BCUT2D eigenvalue weighted by molar-refractivity contribution is 0.182. The van der Waals surface area contributed by atoms with Gasteiger partial charge < -0.3 is 10.1 Å². The summed E-state index contributed by atoms with van der Waals surface area (Å²) in [5.41, 5.74) is 0.903. The molecular formula is C15H26N2O3S. The highest BCUT2D eigenvalue weighted by atomic mass is 32.2. The van der Waals surface area contributed by atoms with Crippen molar-refractivity contribution in [1.82, 2.24) is 4.72 Å². The SMILES string of the molecule is CCCNS(=O)(=O)c1ccc(NC(CCC)COC)cc1. The number of hydrogen-bond donors (Lipinski definition) is 2. The van der Waals surface area contributed by atoms with Crippen molar-refractivity contribution in [2.75, 3.05) is 25.6 Å². The Kier molecular flexibility index (Phi) is 7.71. The highest BCUT2D eigenvalue weighted by molar-refractivity contribution is 7.89. The molecule has 0 saturated carbocycles. The summed E-state index contributed by atoms with van der Waals surface area (Å²) in [7, 11) is -1.71. The van der Waals surface area contributed by atoms with Crippen LogP contribution in [0, 0.1) is 0 Å². The molecular weight excluding hydrogens is 288 g/mol. The van der Waals surface area contributed by atoms with Crippen molar-refractivity contribution in [3.8, 4) is 0 Å². The average Bonchev–Trinajstić information content (AvgIpc) is 2.46. The first-order valence-electron chi connectivity index (χ1n) is 7.38. The summed E-state index contributed by atoms with van der Waals surface area (Å²) in [5, 5.41) is 3.36. The fourth-order valence-corrected chi connectivity index (χ4v) is 3.17. The number of ether oxygens (including phenoxy) is 1. The third kappa shape index (κ3) is 6.03. The van der Waals surface area contributed by atoms with Crippen LogP contribution in [0.2, 0.25) is 0 Å². The van der Waals surface area contributed by atoms with Gasteiger partial charge in [-0.15, -0.1) is 0 Å². The minimum atomic E-state index is -3.39. The molecule has 0 spiro atoms. The van der Waals surface area contributed by atoms with Gasteiger partial charge in [-0.25, -0.2) is 13.1 Å². The van der Waals surface area contributed by atoms with Crippen molar-refractivity contribution >= 4 is 15.7 Å². The molecule has 0 heterocycles. The second-order valence-corrected chi connectivity index (χ2v) is 6.77. The molecule has 6 heteroatoms. The van der Waals surface area contributed by atoms with Gasteiger partial charge in [0.25, 0.3) is 0 Å². The predicted octanol–water partition coefficient (Wildman–Crippen LogP) is 2.60. The molecule has 21 heavy (non-hydrogen) atoms. The van der Waals surface area contributed by atoms with E-state index in [-0.39, 0.29) is 6.04 Å². The van der Waals surface area contributed by atoms with E-state index in [9.17, 15) is 8.42 Å². The molecule has 0 saturated heterocycles.